The van der Waals surface area contributed by atoms with Gasteiger partial charge >= 0.3 is 0 Å². The topological polar surface area (TPSA) is 47.1 Å². The largest absolute Gasteiger partial charge is 0.457 e. The highest BCUT2D eigenvalue weighted by Gasteiger charge is 2.34. The Morgan fingerprint density at radius 3 is 1.70 bits per heavy atom. The van der Waals surface area contributed by atoms with Crippen LogP contribution in [0, 0.1) is 0 Å². The average Bonchev–Trinajstić information content (AvgIpc) is 3.94. The highest BCUT2D eigenvalue weighted by atomic mass is 16.3. The molecule has 0 radical (unpaired) electrons. The van der Waals surface area contributed by atoms with Gasteiger partial charge in [0, 0.05) is 32.6 Å². The first-order valence-corrected chi connectivity index (χ1v) is 19.6. The minimum atomic E-state index is -0.235. The Morgan fingerprint density at radius 2 is 0.947 bits per heavy atom. The summed E-state index contributed by atoms with van der Waals surface area (Å²) in [6.07, 6.45) is -0.235. The van der Waals surface area contributed by atoms with Crippen LogP contribution in [-0.4, -0.2) is 9.13 Å². The zero-order valence-electron chi connectivity index (χ0n) is 30.9. The summed E-state index contributed by atoms with van der Waals surface area (Å²) in [5.41, 5.74) is 13.7. The first-order valence-electron chi connectivity index (χ1n) is 19.6. The molecule has 4 heterocycles. The summed E-state index contributed by atoms with van der Waals surface area (Å²) >= 11 is 0. The molecule has 1 aliphatic heterocycles. The quantitative estimate of drug-likeness (QED) is 0.185. The molecule has 2 atom stereocenters. The summed E-state index contributed by atoms with van der Waals surface area (Å²) in [7, 11) is 0. The number of para-hydroxylation sites is 3. The van der Waals surface area contributed by atoms with Gasteiger partial charge in [-0.2, -0.15) is 0 Å². The lowest BCUT2D eigenvalue weighted by molar-refractivity contribution is 0.371. The SMILES string of the molecule is c1ccc(-c2ccc(-n3c4ccccc4c4cc(-c5ccc6c(c5)c5ccccc5n6C5Nc6c(oc7ccccc67)C(c6ccccc6)N5)ccc43)cc2)cc1. The van der Waals surface area contributed by atoms with E-state index in [9.17, 15) is 0 Å². The molecule has 0 fully saturated rings. The highest BCUT2D eigenvalue weighted by Crippen LogP contribution is 2.44. The molecule has 5 heteroatoms. The number of aromatic nitrogens is 2. The van der Waals surface area contributed by atoms with E-state index in [4.69, 9.17) is 4.42 Å². The van der Waals surface area contributed by atoms with Crippen LogP contribution in [-0.2, 0) is 0 Å². The molecule has 2 unspecified atom stereocenters. The molecule has 270 valence electrons. The number of nitrogens with zero attached hydrogens (tertiary/aromatic N) is 2. The van der Waals surface area contributed by atoms with Crippen molar-refractivity contribution in [3.05, 3.63) is 205 Å². The van der Waals surface area contributed by atoms with Crippen LogP contribution in [0.1, 0.15) is 23.7 Å². The van der Waals surface area contributed by atoms with Gasteiger partial charge in [0.2, 0.25) is 0 Å². The Balaban J connectivity index is 0.977. The van der Waals surface area contributed by atoms with Crippen molar-refractivity contribution in [2.75, 3.05) is 5.32 Å². The smallest absolute Gasteiger partial charge is 0.160 e. The van der Waals surface area contributed by atoms with Gasteiger partial charge in [-0.05, 0) is 88.5 Å². The molecule has 0 aliphatic carbocycles. The first kappa shape index (κ1) is 32.0. The van der Waals surface area contributed by atoms with E-state index in [1.54, 1.807) is 0 Å². The molecule has 0 saturated heterocycles. The van der Waals surface area contributed by atoms with Gasteiger partial charge in [0.05, 0.1) is 33.8 Å². The van der Waals surface area contributed by atoms with Crippen LogP contribution in [0.2, 0.25) is 0 Å². The second kappa shape index (κ2) is 12.6. The average molecular weight is 733 g/mol. The molecule has 0 amide bonds. The van der Waals surface area contributed by atoms with E-state index >= 15 is 0 Å². The van der Waals surface area contributed by atoms with Gasteiger partial charge in [-0.15, -0.1) is 0 Å². The summed E-state index contributed by atoms with van der Waals surface area (Å²) in [5, 5.41) is 13.8. The van der Waals surface area contributed by atoms with E-state index in [2.05, 4.69) is 202 Å². The molecule has 1 aliphatic rings. The summed E-state index contributed by atoms with van der Waals surface area (Å²) < 4.78 is 11.3. The van der Waals surface area contributed by atoms with Crippen LogP contribution in [0.15, 0.2) is 199 Å². The molecule has 0 spiro atoms. The fourth-order valence-electron chi connectivity index (χ4n) is 9.19. The van der Waals surface area contributed by atoms with E-state index in [0.29, 0.717) is 0 Å². The molecule has 2 N–H and O–H groups in total. The van der Waals surface area contributed by atoms with Crippen LogP contribution in [0.25, 0.3) is 82.5 Å². The molecular formula is C52H36N4O. The van der Waals surface area contributed by atoms with E-state index in [1.165, 1.54) is 54.8 Å². The molecule has 8 aromatic carbocycles. The molecule has 3 aromatic heterocycles. The fraction of sp³-hybridized carbons (Fsp3) is 0.0385. The van der Waals surface area contributed by atoms with Gasteiger partial charge in [0.25, 0.3) is 0 Å². The Kier molecular flexibility index (Phi) is 7.06. The minimum Gasteiger partial charge on any atom is -0.457 e. The summed E-state index contributed by atoms with van der Waals surface area (Å²) in [5.74, 6) is 0.905. The lowest BCUT2D eigenvalue weighted by Crippen LogP contribution is -2.40. The standard InChI is InChI=1S/C52H36N4O/c1-3-13-33(14-4-1)34-23-27-38(28-24-34)55-44-20-10-7-17-39(44)42-31-36(25-29-46(42)55)37-26-30-47-43(32-37)40-18-8-11-21-45(40)56(47)52-53-49(35-15-5-2-6-16-35)51-50(54-52)41-19-9-12-22-48(41)57-51/h1-32,49,52-54H. The predicted octanol–water partition coefficient (Wildman–Crippen LogP) is 13.2. The predicted molar refractivity (Wildman–Crippen MR) is 235 cm³/mol. The normalized spacial score (nSPS) is 15.4. The Bertz CT molecular complexity index is 3300. The van der Waals surface area contributed by atoms with Gasteiger partial charge in [0.15, 0.2) is 6.29 Å². The summed E-state index contributed by atoms with van der Waals surface area (Å²) in [4.78, 5) is 0. The molecule has 0 saturated carbocycles. The molecule has 0 bridgehead atoms. The van der Waals surface area contributed by atoms with Crippen LogP contribution >= 0.6 is 0 Å². The number of hydrogen-bond acceptors (Lipinski definition) is 3. The number of benzene rings is 8. The third-order valence-electron chi connectivity index (χ3n) is 11.8. The van der Waals surface area contributed by atoms with Crippen molar-refractivity contribution in [3.8, 4) is 27.9 Å². The Morgan fingerprint density at radius 1 is 0.421 bits per heavy atom. The summed E-state index contributed by atoms with van der Waals surface area (Å²) in [6.45, 7) is 0. The second-order valence-electron chi connectivity index (χ2n) is 15.0. The van der Waals surface area contributed by atoms with E-state index in [1.807, 2.05) is 12.1 Å². The monoisotopic (exact) mass is 732 g/mol. The van der Waals surface area contributed by atoms with E-state index in [0.717, 1.165) is 44.7 Å². The first-order chi connectivity index (χ1) is 28.3. The lowest BCUT2D eigenvalue weighted by atomic mass is 10.0. The van der Waals surface area contributed by atoms with Crippen LogP contribution in [0.5, 0.6) is 0 Å². The zero-order chi connectivity index (χ0) is 37.5. The summed E-state index contributed by atoms with van der Waals surface area (Å²) in [6, 6.07) is 69.6. The van der Waals surface area contributed by atoms with Crippen molar-refractivity contribution in [3.63, 3.8) is 0 Å². The maximum Gasteiger partial charge on any atom is 0.160 e. The van der Waals surface area contributed by atoms with Crippen molar-refractivity contribution in [1.29, 1.82) is 0 Å². The second-order valence-corrected chi connectivity index (χ2v) is 15.0. The van der Waals surface area contributed by atoms with Crippen molar-refractivity contribution in [1.82, 2.24) is 14.5 Å². The van der Waals surface area contributed by atoms with Crippen molar-refractivity contribution >= 4 is 60.3 Å². The maximum absolute atomic E-state index is 6.53. The molecule has 12 rings (SSSR count). The Labute approximate surface area is 329 Å². The Hall–Kier alpha value is -7.34. The van der Waals surface area contributed by atoms with Crippen molar-refractivity contribution in [2.24, 2.45) is 0 Å². The molecule has 57 heavy (non-hydrogen) atoms. The molecule has 11 aromatic rings. The number of nitrogens with one attached hydrogen (secondary N) is 2. The van der Waals surface area contributed by atoms with Gasteiger partial charge < -0.3 is 18.9 Å². The molecule has 5 nitrogen and oxygen atoms in total. The van der Waals surface area contributed by atoms with Gasteiger partial charge in [-0.1, -0.05) is 133 Å². The van der Waals surface area contributed by atoms with Crippen molar-refractivity contribution in [2.45, 2.75) is 12.3 Å². The molecular weight excluding hydrogens is 697 g/mol. The number of hydrogen-bond donors (Lipinski definition) is 2. The van der Waals surface area contributed by atoms with Crippen molar-refractivity contribution < 1.29 is 4.42 Å². The number of furan rings is 1. The lowest BCUT2D eigenvalue weighted by Gasteiger charge is -2.34. The minimum absolute atomic E-state index is 0.133. The third-order valence-corrected chi connectivity index (χ3v) is 11.8. The van der Waals surface area contributed by atoms with Gasteiger partial charge in [-0.3, -0.25) is 5.32 Å². The highest BCUT2D eigenvalue weighted by molar-refractivity contribution is 6.12. The van der Waals surface area contributed by atoms with Gasteiger partial charge in [-0.25, -0.2) is 0 Å². The number of rotatable bonds is 5. The van der Waals surface area contributed by atoms with E-state index in [-0.39, 0.29) is 12.3 Å². The fourth-order valence-corrected chi connectivity index (χ4v) is 9.19. The van der Waals surface area contributed by atoms with Crippen LogP contribution in [0.4, 0.5) is 5.69 Å². The maximum atomic E-state index is 6.53. The number of fused-ring (bicyclic) bond motifs is 9. The third kappa shape index (κ3) is 4.99. The van der Waals surface area contributed by atoms with Gasteiger partial charge in [0.1, 0.15) is 11.3 Å². The zero-order valence-corrected chi connectivity index (χ0v) is 30.9. The van der Waals surface area contributed by atoms with E-state index < -0.39 is 0 Å². The van der Waals surface area contributed by atoms with Crippen LogP contribution < -0.4 is 10.6 Å². The number of anilines is 1. The van der Waals surface area contributed by atoms with Crippen LogP contribution in [0.3, 0.4) is 0 Å².